The van der Waals surface area contributed by atoms with Crippen molar-refractivity contribution in [3.05, 3.63) is 23.8 Å². The lowest BCUT2D eigenvalue weighted by molar-refractivity contribution is -0.149. The van der Waals surface area contributed by atoms with Crippen LogP contribution < -0.4 is 5.73 Å². The Morgan fingerprint density at radius 3 is 2.43 bits per heavy atom. The minimum absolute atomic E-state index is 0.194. The summed E-state index contributed by atoms with van der Waals surface area (Å²) in [4.78, 5) is 21.8. The van der Waals surface area contributed by atoms with Crippen LogP contribution in [0.4, 0.5) is 0 Å². The summed E-state index contributed by atoms with van der Waals surface area (Å²) in [6, 6.07) is -0.823. The topological polar surface area (TPSA) is 101 Å². The average molecular weight is 197 g/mol. The van der Waals surface area contributed by atoms with Crippen molar-refractivity contribution in [1.29, 1.82) is 0 Å². The number of aliphatic carboxylic acids is 2. The quantitative estimate of drug-likeness (QED) is 0.577. The molecule has 0 saturated carbocycles. The van der Waals surface area contributed by atoms with Gasteiger partial charge in [-0.3, -0.25) is 4.79 Å². The smallest absolute Gasteiger partial charge is 0.332 e. The van der Waals surface area contributed by atoms with Gasteiger partial charge >= 0.3 is 11.9 Å². The normalized spacial score (nSPS) is 31.0. The molecule has 1 aliphatic carbocycles. The Kier molecular flexibility index (Phi) is 2.44. The van der Waals surface area contributed by atoms with Gasteiger partial charge in [-0.2, -0.15) is 0 Å². The number of hydrogen-bond acceptors (Lipinski definition) is 3. The van der Waals surface area contributed by atoms with E-state index >= 15 is 0 Å². The molecule has 0 aromatic carbocycles. The molecule has 14 heavy (non-hydrogen) atoms. The zero-order valence-corrected chi connectivity index (χ0v) is 7.60. The van der Waals surface area contributed by atoms with Crippen molar-refractivity contribution < 1.29 is 19.8 Å². The summed E-state index contributed by atoms with van der Waals surface area (Å²) < 4.78 is 0. The molecule has 5 heteroatoms. The van der Waals surface area contributed by atoms with E-state index in [1.807, 2.05) is 0 Å². The van der Waals surface area contributed by atoms with Gasteiger partial charge in [0.2, 0.25) is 0 Å². The first-order chi connectivity index (χ1) is 6.40. The van der Waals surface area contributed by atoms with Gasteiger partial charge in [-0.25, -0.2) is 4.79 Å². The average Bonchev–Trinajstić information content (AvgIpc) is 2.08. The molecule has 0 aromatic heterocycles. The number of carboxylic acids is 2. The highest BCUT2D eigenvalue weighted by Gasteiger charge is 2.46. The predicted octanol–water partition coefficient (Wildman–Crippen LogP) is -0.0146. The number of carboxylic acid groups (broad SMARTS) is 2. The van der Waals surface area contributed by atoms with E-state index < -0.39 is 23.4 Å². The molecule has 0 saturated heterocycles. The van der Waals surface area contributed by atoms with Crippen molar-refractivity contribution in [2.75, 3.05) is 0 Å². The van der Waals surface area contributed by atoms with E-state index in [9.17, 15) is 9.59 Å². The molecule has 0 bridgehead atoms. The monoisotopic (exact) mass is 197 g/mol. The fourth-order valence-electron chi connectivity index (χ4n) is 1.37. The second kappa shape index (κ2) is 3.26. The summed E-state index contributed by atoms with van der Waals surface area (Å²) in [7, 11) is 0. The van der Waals surface area contributed by atoms with Crippen LogP contribution in [-0.4, -0.2) is 28.2 Å². The van der Waals surface area contributed by atoms with E-state index in [2.05, 4.69) is 0 Å². The summed E-state index contributed by atoms with van der Waals surface area (Å²) in [6.45, 7) is 1.31. The predicted molar refractivity (Wildman–Crippen MR) is 48.6 cm³/mol. The van der Waals surface area contributed by atoms with E-state index in [4.69, 9.17) is 15.9 Å². The molecule has 0 unspecified atom stereocenters. The van der Waals surface area contributed by atoms with Crippen LogP contribution in [0, 0.1) is 5.41 Å². The molecule has 0 amide bonds. The second-order valence-corrected chi connectivity index (χ2v) is 3.30. The Morgan fingerprint density at radius 1 is 1.50 bits per heavy atom. The molecule has 0 radical (unpaired) electrons. The number of allylic oxidation sites excluding steroid dienone is 2. The van der Waals surface area contributed by atoms with Gasteiger partial charge in [0.15, 0.2) is 0 Å². The molecule has 0 fully saturated rings. The van der Waals surface area contributed by atoms with Gasteiger partial charge in [-0.1, -0.05) is 18.2 Å². The van der Waals surface area contributed by atoms with Gasteiger partial charge in [0, 0.05) is 6.04 Å². The minimum atomic E-state index is -1.55. The summed E-state index contributed by atoms with van der Waals surface area (Å²) >= 11 is 0. The lowest BCUT2D eigenvalue weighted by Crippen LogP contribution is -2.48. The van der Waals surface area contributed by atoms with E-state index in [-0.39, 0.29) is 5.57 Å². The third-order valence-corrected chi connectivity index (χ3v) is 2.48. The molecule has 76 valence electrons. The maximum atomic E-state index is 11.0. The molecule has 1 rings (SSSR count). The van der Waals surface area contributed by atoms with Crippen LogP contribution in [-0.2, 0) is 9.59 Å². The van der Waals surface area contributed by atoms with Crippen LogP contribution in [0.1, 0.15) is 6.92 Å². The van der Waals surface area contributed by atoms with E-state index in [0.717, 1.165) is 0 Å². The molecule has 0 spiro atoms. The van der Waals surface area contributed by atoms with Gasteiger partial charge in [0.1, 0.15) is 5.41 Å². The van der Waals surface area contributed by atoms with Crippen molar-refractivity contribution in [3.8, 4) is 0 Å². The number of nitrogens with two attached hydrogens (primary N) is 1. The number of rotatable bonds is 2. The molecule has 5 nitrogen and oxygen atoms in total. The zero-order valence-electron chi connectivity index (χ0n) is 7.60. The van der Waals surface area contributed by atoms with E-state index in [1.54, 1.807) is 0 Å². The maximum absolute atomic E-state index is 11.0. The van der Waals surface area contributed by atoms with Crippen molar-refractivity contribution in [1.82, 2.24) is 0 Å². The zero-order chi connectivity index (χ0) is 10.9. The van der Waals surface area contributed by atoms with Crippen molar-refractivity contribution in [2.45, 2.75) is 13.0 Å². The van der Waals surface area contributed by atoms with Crippen molar-refractivity contribution in [3.63, 3.8) is 0 Å². The first kappa shape index (κ1) is 10.5. The number of hydrogen-bond donors (Lipinski definition) is 3. The van der Waals surface area contributed by atoms with Gasteiger partial charge in [0.25, 0.3) is 0 Å². The second-order valence-electron chi connectivity index (χ2n) is 3.30. The van der Waals surface area contributed by atoms with Crippen LogP contribution in [0.5, 0.6) is 0 Å². The first-order valence-electron chi connectivity index (χ1n) is 4.02. The highest BCUT2D eigenvalue weighted by atomic mass is 16.4. The molecule has 4 N–H and O–H groups in total. The Morgan fingerprint density at radius 2 is 2.07 bits per heavy atom. The third kappa shape index (κ3) is 1.31. The van der Waals surface area contributed by atoms with Crippen molar-refractivity contribution in [2.24, 2.45) is 11.1 Å². The molecule has 2 atom stereocenters. The van der Waals surface area contributed by atoms with E-state index in [0.29, 0.717) is 0 Å². The van der Waals surface area contributed by atoms with Crippen LogP contribution in [0.3, 0.4) is 0 Å². The summed E-state index contributed by atoms with van der Waals surface area (Å²) in [5.41, 5.74) is 3.82. The Bertz CT molecular complexity index is 345. The maximum Gasteiger partial charge on any atom is 0.332 e. The standard InChI is InChI=1S/C9H11NO4/c1-9(8(13)14)5(7(11)12)3-2-4-6(9)10/h2-4,6H,10H2,1H3,(H,11,12)(H,13,14)/t6-,9-/m0/s1. The third-order valence-electron chi connectivity index (χ3n) is 2.48. The van der Waals surface area contributed by atoms with Gasteiger partial charge < -0.3 is 15.9 Å². The van der Waals surface area contributed by atoms with Crippen LogP contribution in [0.15, 0.2) is 23.8 Å². The first-order valence-corrected chi connectivity index (χ1v) is 4.02. The van der Waals surface area contributed by atoms with Crippen molar-refractivity contribution >= 4 is 11.9 Å². The molecule has 0 aliphatic heterocycles. The Hall–Kier alpha value is -1.62. The number of carbonyl (C=O) groups is 2. The fourth-order valence-corrected chi connectivity index (χ4v) is 1.37. The van der Waals surface area contributed by atoms with Crippen LogP contribution in [0.2, 0.25) is 0 Å². The highest BCUT2D eigenvalue weighted by Crippen LogP contribution is 2.34. The molecular weight excluding hydrogens is 186 g/mol. The highest BCUT2D eigenvalue weighted by molar-refractivity contribution is 5.97. The molecule has 1 aliphatic rings. The summed E-state index contributed by atoms with van der Waals surface area (Å²) in [5, 5.41) is 17.8. The fraction of sp³-hybridized carbons (Fsp3) is 0.333. The molecule has 0 heterocycles. The van der Waals surface area contributed by atoms with Crippen LogP contribution in [0.25, 0.3) is 0 Å². The Labute approximate surface area is 80.5 Å². The largest absolute Gasteiger partial charge is 0.481 e. The summed E-state index contributed by atoms with van der Waals surface area (Å²) in [5.74, 6) is -2.49. The molecule has 0 aromatic rings. The van der Waals surface area contributed by atoms with E-state index in [1.165, 1.54) is 25.2 Å². The Balaban J connectivity index is 3.25. The van der Waals surface area contributed by atoms with Gasteiger partial charge in [-0.15, -0.1) is 0 Å². The lowest BCUT2D eigenvalue weighted by Gasteiger charge is -2.31. The SMILES string of the molecule is C[C@]1(C(=O)O)C(C(=O)O)=CC=C[C@@H]1N. The molecular formula is C9H11NO4. The lowest BCUT2D eigenvalue weighted by atomic mass is 9.73. The van der Waals surface area contributed by atoms with Gasteiger partial charge in [0.05, 0.1) is 5.57 Å². The van der Waals surface area contributed by atoms with Crippen LogP contribution >= 0.6 is 0 Å². The minimum Gasteiger partial charge on any atom is -0.481 e. The summed E-state index contributed by atoms with van der Waals surface area (Å²) in [6.07, 6.45) is 4.19. The van der Waals surface area contributed by atoms with Gasteiger partial charge in [-0.05, 0) is 6.92 Å².